The maximum absolute atomic E-state index is 13.3. The lowest BCUT2D eigenvalue weighted by Gasteiger charge is -2.21. The average molecular weight is 447 g/mol. The number of hydrogen-bond acceptors (Lipinski definition) is 2. The smallest absolute Gasteiger partial charge is 0.228 e. The lowest BCUT2D eigenvalue weighted by Crippen LogP contribution is -2.34. The first-order chi connectivity index (χ1) is 15.2. The first kappa shape index (κ1) is 16.1. The van der Waals surface area contributed by atoms with Gasteiger partial charge in [-0.1, -0.05) is 60.7 Å². The van der Waals surface area contributed by atoms with Crippen LogP contribution in [-0.4, -0.2) is 33.3 Å². The highest BCUT2D eigenvalue weighted by molar-refractivity contribution is 6.36. The Labute approximate surface area is 185 Å². The van der Waals surface area contributed by atoms with Crippen LogP contribution in [0.4, 0.5) is 0 Å². The molecular formula is C21H22Cl3N3O. The highest BCUT2D eigenvalue weighted by atomic mass is 35.5. The van der Waals surface area contributed by atoms with Crippen molar-refractivity contribution in [1.82, 2.24) is 14.3 Å². The Morgan fingerprint density at radius 3 is 2.46 bits per heavy atom. The summed E-state index contributed by atoms with van der Waals surface area (Å²) in [7, 11) is 0. The summed E-state index contributed by atoms with van der Waals surface area (Å²) < 4.78 is 32.4. The Morgan fingerprint density at radius 1 is 1.14 bits per heavy atom. The van der Waals surface area contributed by atoms with E-state index < -0.39 is 12.8 Å². The van der Waals surface area contributed by atoms with Crippen molar-refractivity contribution in [2.45, 2.75) is 33.0 Å². The number of fused-ring (bicyclic) bond motifs is 1. The van der Waals surface area contributed by atoms with E-state index in [1.54, 1.807) is 40.9 Å². The van der Waals surface area contributed by atoms with Gasteiger partial charge in [0.15, 0.2) is 5.65 Å². The highest BCUT2D eigenvalue weighted by Gasteiger charge is 2.21. The van der Waals surface area contributed by atoms with Crippen LogP contribution in [0.1, 0.15) is 37.8 Å². The van der Waals surface area contributed by atoms with Crippen molar-refractivity contribution in [2.24, 2.45) is 0 Å². The van der Waals surface area contributed by atoms with Crippen LogP contribution < -0.4 is 0 Å². The fourth-order valence-electron chi connectivity index (χ4n) is 2.97. The maximum Gasteiger partial charge on any atom is 0.228 e. The van der Waals surface area contributed by atoms with Gasteiger partial charge >= 0.3 is 0 Å². The summed E-state index contributed by atoms with van der Waals surface area (Å²) >= 11 is 18.6. The Balaban J connectivity index is 2.06. The molecule has 0 aliphatic rings. The van der Waals surface area contributed by atoms with Gasteiger partial charge in [0.2, 0.25) is 5.91 Å². The molecule has 0 fully saturated rings. The molecule has 1 aromatic carbocycles. The molecule has 0 aliphatic heterocycles. The Hall–Kier alpha value is -1.75. The monoisotopic (exact) mass is 445 g/mol. The number of pyridine rings is 1. The van der Waals surface area contributed by atoms with Gasteiger partial charge in [0.25, 0.3) is 0 Å². The van der Waals surface area contributed by atoms with Gasteiger partial charge in [-0.15, -0.1) is 0 Å². The van der Waals surface area contributed by atoms with Gasteiger partial charge in [0.1, 0.15) is 0 Å². The average Bonchev–Trinajstić information content (AvgIpc) is 3.11. The molecule has 0 aliphatic carbocycles. The molecule has 0 N–H and O–H groups in total. The van der Waals surface area contributed by atoms with Crippen LogP contribution in [0.25, 0.3) is 16.9 Å². The third-order valence-electron chi connectivity index (χ3n) is 4.23. The second-order valence-electron chi connectivity index (χ2n) is 6.17. The molecule has 4 nitrogen and oxygen atoms in total. The number of aromatic nitrogens is 2. The lowest BCUT2D eigenvalue weighted by molar-refractivity contribution is -0.130. The highest BCUT2D eigenvalue weighted by Crippen LogP contribution is 2.31. The van der Waals surface area contributed by atoms with E-state index in [9.17, 15) is 4.79 Å². The van der Waals surface area contributed by atoms with E-state index in [2.05, 4.69) is 4.98 Å². The van der Waals surface area contributed by atoms with E-state index in [4.69, 9.17) is 40.3 Å². The topological polar surface area (TPSA) is 37.6 Å². The fraction of sp³-hybridized carbons (Fsp3) is 0.333. The van der Waals surface area contributed by atoms with Crippen LogP contribution in [0.3, 0.4) is 0 Å². The first-order valence-electron chi connectivity index (χ1n) is 11.1. The molecule has 148 valence electrons. The van der Waals surface area contributed by atoms with Crippen molar-refractivity contribution in [3.8, 4) is 11.3 Å². The van der Waals surface area contributed by atoms with Crippen molar-refractivity contribution < 1.29 is 10.3 Å². The molecule has 0 saturated carbocycles. The largest absolute Gasteiger partial charge is 0.342 e. The number of benzene rings is 1. The normalized spacial score (nSPS) is 15.4. The van der Waals surface area contributed by atoms with Gasteiger partial charge in [-0.05, 0) is 31.0 Å². The zero-order valence-electron chi connectivity index (χ0n) is 19.0. The minimum absolute atomic E-state index is 0.0201. The van der Waals surface area contributed by atoms with Crippen LogP contribution in [0.5, 0.6) is 0 Å². The molecule has 2 heterocycles. The van der Waals surface area contributed by atoms with Crippen molar-refractivity contribution in [3.63, 3.8) is 0 Å². The van der Waals surface area contributed by atoms with Gasteiger partial charge in [-0.2, -0.15) is 0 Å². The minimum Gasteiger partial charge on any atom is -0.342 e. The third kappa shape index (κ3) is 4.45. The summed E-state index contributed by atoms with van der Waals surface area (Å²) in [6.45, 7) is -0.285. The van der Waals surface area contributed by atoms with Crippen molar-refractivity contribution in [3.05, 3.63) is 57.3 Å². The van der Waals surface area contributed by atoms with Crippen LogP contribution in [0.15, 0.2) is 36.5 Å². The fourth-order valence-corrected chi connectivity index (χ4v) is 3.61. The van der Waals surface area contributed by atoms with Crippen molar-refractivity contribution in [2.75, 3.05) is 13.1 Å². The third-order valence-corrected chi connectivity index (χ3v) is 4.97. The van der Waals surface area contributed by atoms with Crippen LogP contribution in [0, 0.1) is 0 Å². The number of nitrogens with zero attached hydrogens (tertiary/aromatic N) is 3. The van der Waals surface area contributed by atoms with Gasteiger partial charge in [0.05, 0.1) is 27.9 Å². The molecule has 28 heavy (non-hydrogen) atoms. The molecule has 2 unspecified atom stereocenters. The molecule has 2 atom stereocenters. The number of hydrogen-bond donors (Lipinski definition) is 0. The number of amides is 1. The predicted octanol–water partition coefficient (Wildman–Crippen LogP) is 6.15. The summed E-state index contributed by atoms with van der Waals surface area (Å²) in [5.74, 6) is -0.325. The minimum atomic E-state index is -0.793. The van der Waals surface area contributed by atoms with Gasteiger partial charge in [-0.3, -0.25) is 4.79 Å². The van der Waals surface area contributed by atoms with Crippen molar-refractivity contribution in [1.29, 1.82) is 0 Å². The molecule has 0 spiro atoms. The van der Waals surface area contributed by atoms with E-state index in [1.165, 1.54) is 4.90 Å². The molecular weight excluding hydrogens is 417 g/mol. The second kappa shape index (κ2) is 9.17. The van der Waals surface area contributed by atoms with Crippen molar-refractivity contribution >= 4 is 46.4 Å². The summed E-state index contributed by atoms with van der Waals surface area (Å²) in [5, 5.41) is 1.29. The Morgan fingerprint density at radius 2 is 1.82 bits per heavy atom. The molecule has 3 rings (SSSR count). The van der Waals surface area contributed by atoms with Crippen LogP contribution in [0.2, 0.25) is 15.1 Å². The van der Waals surface area contributed by atoms with E-state index in [1.807, 2.05) is 0 Å². The number of imidazole rings is 1. The quantitative estimate of drug-likeness (QED) is 0.436. The molecule has 0 bridgehead atoms. The zero-order valence-corrected chi connectivity index (χ0v) is 17.3. The zero-order chi connectivity index (χ0) is 23.4. The van der Waals surface area contributed by atoms with Crippen LogP contribution in [-0.2, 0) is 11.2 Å². The molecule has 3 aromatic rings. The van der Waals surface area contributed by atoms with E-state index in [0.717, 1.165) is 5.56 Å². The number of halogens is 3. The standard InChI is InChI=1S/C21H22Cl3N3O/c1-3-9-26(10-4-2)19(28)12-18-20(14-5-7-15(22)8-6-14)25-21-17(24)11-16(23)13-27(18)21/h5-8,11,13H,3-4,9-10,12H2,1-2H3/i1T,2T,3T,4T. The summed E-state index contributed by atoms with van der Waals surface area (Å²) in [5.41, 5.74) is 2.30. The van der Waals surface area contributed by atoms with Gasteiger partial charge in [0, 0.05) is 35.4 Å². The van der Waals surface area contributed by atoms with E-state index >= 15 is 0 Å². The lowest BCUT2D eigenvalue weighted by atomic mass is 10.1. The SMILES string of the molecule is [3H]CC([3H])CN(CC([3H])C[3H])C(=O)Cc1c(-c2ccc(Cl)cc2)nc2c(Cl)cc(Cl)cn12. The Bertz CT molecular complexity index is 1080. The molecule has 0 saturated heterocycles. The molecule has 2 aromatic heterocycles. The predicted molar refractivity (Wildman–Crippen MR) is 117 cm³/mol. The summed E-state index contributed by atoms with van der Waals surface area (Å²) in [6, 6.07) is 8.62. The van der Waals surface area contributed by atoms with E-state index in [-0.39, 0.29) is 39.2 Å². The summed E-state index contributed by atoms with van der Waals surface area (Å²) in [4.78, 5) is 19.3. The molecule has 7 heteroatoms. The summed E-state index contributed by atoms with van der Waals surface area (Å²) in [6.07, 6.45) is -0.0286. The second-order valence-corrected chi connectivity index (χ2v) is 7.45. The number of carbonyl (C=O) groups excluding carboxylic acids is 1. The van der Waals surface area contributed by atoms with Crippen LogP contribution >= 0.6 is 34.8 Å². The maximum atomic E-state index is 13.3. The van der Waals surface area contributed by atoms with Gasteiger partial charge in [-0.25, -0.2) is 4.98 Å². The van der Waals surface area contributed by atoms with Gasteiger partial charge < -0.3 is 9.30 Å². The Kier molecular flexibility index (Phi) is 5.27. The van der Waals surface area contributed by atoms with E-state index in [0.29, 0.717) is 32.1 Å². The number of rotatable bonds is 7. The first-order valence-corrected chi connectivity index (χ1v) is 9.69. The number of carbonyl (C=O) groups is 1. The molecule has 1 amide bonds. The molecule has 0 radical (unpaired) electrons.